The highest BCUT2D eigenvalue weighted by atomic mass is 19.4. The second-order valence-electron chi connectivity index (χ2n) is 6.80. The summed E-state index contributed by atoms with van der Waals surface area (Å²) >= 11 is 0. The standard InChI is InChI=1S/C21H19F3N2O4/c1-20(30-15-5-3-13(4-6-15)21(22,23)24)10-7-14(8-11-20)26-19(28)17-18(27)16(29-2)9-12-25-17/h3-10,12,27H,11H2,1-2H3,(H,26,28). The quantitative estimate of drug-likeness (QED) is 0.757. The summed E-state index contributed by atoms with van der Waals surface area (Å²) in [6.45, 7) is 1.77. The molecule has 0 radical (unpaired) electrons. The van der Waals surface area contributed by atoms with E-state index in [9.17, 15) is 23.1 Å². The first-order chi connectivity index (χ1) is 14.1. The third kappa shape index (κ3) is 4.73. The molecule has 3 rings (SSSR count). The van der Waals surface area contributed by atoms with Gasteiger partial charge in [0.15, 0.2) is 17.2 Å². The molecule has 1 aromatic carbocycles. The van der Waals surface area contributed by atoms with E-state index in [0.29, 0.717) is 17.9 Å². The van der Waals surface area contributed by atoms with E-state index in [4.69, 9.17) is 9.47 Å². The van der Waals surface area contributed by atoms with Gasteiger partial charge in [-0.05, 0) is 43.3 Å². The van der Waals surface area contributed by atoms with Gasteiger partial charge in [0.1, 0.15) is 11.4 Å². The molecule has 0 aliphatic heterocycles. The van der Waals surface area contributed by atoms with Crippen LogP contribution in [0.4, 0.5) is 13.2 Å². The Kier molecular flexibility index (Phi) is 5.73. The smallest absolute Gasteiger partial charge is 0.416 e. The number of methoxy groups -OCH3 is 1. The SMILES string of the molecule is COc1ccnc(C(=O)NC2=CCC(C)(Oc3ccc(C(F)(F)F)cc3)C=C2)c1O. The summed E-state index contributed by atoms with van der Waals surface area (Å²) in [7, 11) is 1.36. The number of carbonyl (C=O) groups is 1. The van der Waals surface area contributed by atoms with E-state index in [1.54, 1.807) is 25.2 Å². The average molecular weight is 420 g/mol. The fourth-order valence-electron chi connectivity index (χ4n) is 2.82. The summed E-state index contributed by atoms with van der Waals surface area (Å²) in [5.41, 5.74) is -1.27. The molecule has 1 atom stereocenters. The van der Waals surface area contributed by atoms with Gasteiger partial charge < -0.3 is 19.9 Å². The number of nitrogens with zero attached hydrogens (tertiary/aromatic N) is 1. The molecule has 0 saturated heterocycles. The Morgan fingerprint density at radius 1 is 1.23 bits per heavy atom. The van der Waals surface area contributed by atoms with Crippen molar-refractivity contribution in [2.45, 2.75) is 25.1 Å². The summed E-state index contributed by atoms with van der Waals surface area (Å²) in [6, 6.07) is 5.87. The first-order valence-electron chi connectivity index (χ1n) is 8.90. The van der Waals surface area contributed by atoms with Crippen molar-refractivity contribution in [3.63, 3.8) is 0 Å². The van der Waals surface area contributed by atoms with Gasteiger partial charge in [-0.1, -0.05) is 6.08 Å². The summed E-state index contributed by atoms with van der Waals surface area (Å²) in [5.74, 6) is -0.565. The summed E-state index contributed by atoms with van der Waals surface area (Å²) < 4.78 is 48.8. The number of allylic oxidation sites excluding steroid dienone is 1. The van der Waals surface area contributed by atoms with Crippen molar-refractivity contribution in [3.8, 4) is 17.2 Å². The molecule has 1 aromatic heterocycles. The lowest BCUT2D eigenvalue weighted by Gasteiger charge is -2.29. The van der Waals surface area contributed by atoms with Crippen LogP contribution >= 0.6 is 0 Å². The van der Waals surface area contributed by atoms with Gasteiger partial charge in [0, 0.05) is 24.4 Å². The maximum absolute atomic E-state index is 12.7. The van der Waals surface area contributed by atoms with Crippen LogP contribution in [0.5, 0.6) is 17.2 Å². The molecule has 0 bridgehead atoms. The molecule has 30 heavy (non-hydrogen) atoms. The lowest BCUT2D eigenvalue weighted by molar-refractivity contribution is -0.137. The van der Waals surface area contributed by atoms with Crippen molar-refractivity contribution in [3.05, 3.63) is 71.7 Å². The molecule has 2 aromatic rings. The van der Waals surface area contributed by atoms with Crippen molar-refractivity contribution >= 4 is 5.91 Å². The first-order valence-corrected chi connectivity index (χ1v) is 8.90. The van der Waals surface area contributed by atoms with Gasteiger partial charge in [-0.25, -0.2) is 4.98 Å². The number of amides is 1. The van der Waals surface area contributed by atoms with Crippen molar-refractivity contribution < 1.29 is 32.5 Å². The lowest BCUT2D eigenvalue weighted by Crippen LogP contribution is -2.33. The Bertz CT molecular complexity index is 1000. The molecular weight excluding hydrogens is 401 g/mol. The van der Waals surface area contributed by atoms with E-state index in [0.717, 1.165) is 12.1 Å². The molecular formula is C21H19F3N2O4. The summed E-state index contributed by atoms with van der Waals surface area (Å²) in [4.78, 5) is 16.2. The molecule has 2 N–H and O–H groups in total. The topological polar surface area (TPSA) is 80.7 Å². The molecule has 1 heterocycles. The van der Waals surface area contributed by atoms with E-state index in [2.05, 4.69) is 10.3 Å². The summed E-state index contributed by atoms with van der Waals surface area (Å²) in [6.07, 6.45) is 2.31. The monoisotopic (exact) mass is 420 g/mol. The fourth-order valence-corrected chi connectivity index (χ4v) is 2.82. The zero-order valence-corrected chi connectivity index (χ0v) is 16.2. The minimum absolute atomic E-state index is 0.126. The molecule has 1 unspecified atom stereocenters. The number of halogens is 3. The van der Waals surface area contributed by atoms with E-state index < -0.39 is 23.2 Å². The predicted octanol–water partition coefficient (Wildman–Crippen LogP) is 4.23. The highest BCUT2D eigenvalue weighted by molar-refractivity contribution is 5.96. The van der Waals surface area contributed by atoms with E-state index >= 15 is 0 Å². The highest BCUT2D eigenvalue weighted by Gasteiger charge is 2.31. The highest BCUT2D eigenvalue weighted by Crippen LogP contribution is 2.32. The van der Waals surface area contributed by atoms with Crippen LogP contribution in [0.2, 0.25) is 0 Å². The Morgan fingerprint density at radius 2 is 1.93 bits per heavy atom. The molecule has 158 valence electrons. The number of benzene rings is 1. The van der Waals surface area contributed by atoms with Crippen LogP contribution < -0.4 is 14.8 Å². The maximum Gasteiger partial charge on any atom is 0.416 e. The minimum atomic E-state index is -4.41. The van der Waals surface area contributed by atoms with Crippen molar-refractivity contribution in [2.24, 2.45) is 0 Å². The zero-order chi connectivity index (χ0) is 21.9. The Labute approximate surface area is 170 Å². The van der Waals surface area contributed by atoms with Crippen molar-refractivity contribution in [1.82, 2.24) is 10.3 Å². The number of ether oxygens (including phenoxy) is 2. The normalized spacial score (nSPS) is 18.5. The van der Waals surface area contributed by atoms with Gasteiger partial charge >= 0.3 is 6.18 Å². The van der Waals surface area contributed by atoms with Gasteiger partial charge in [-0.3, -0.25) is 4.79 Å². The number of aromatic hydroxyl groups is 1. The third-order valence-corrected chi connectivity index (χ3v) is 4.46. The molecule has 6 nitrogen and oxygen atoms in total. The van der Waals surface area contributed by atoms with Gasteiger partial charge in [0.05, 0.1) is 12.7 Å². The Balaban J connectivity index is 1.65. The predicted molar refractivity (Wildman–Crippen MR) is 102 cm³/mol. The fraction of sp³-hybridized carbons (Fsp3) is 0.238. The molecule has 9 heteroatoms. The number of pyridine rings is 1. The van der Waals surface area contributed by atoms with E-state index in [1.807, 2.05) is 0 Å². The van der Waals surface area contributed by atoms with Crippen LogP contribution in [-0.2, 0) is 6.18 Å². The Morgan fingerprint density at radius 3 is 2.50 bits per heavy atom. The summed E-state index contributed by atoms with van der Waals surface area (Å²) in [5, 5.41) is 12.7. The van der Waals surface area contributed by atoms with Crippen molar-refractivity contribution in [1.29, 1.82) is 0 Å². The molecule has 0 fully saturated rings. The third-order valence-electron chi connectivity index (χ3n) is 4.46. The molecule has 0 spiro atoms. The van der Waals surface area contributed by atoms with Crippen LogP contribution in [0.25, 0.3) is 0 Å². The maximum atomic E-state index is 12.7. The average Bonchev–Trinajstić information content (AvgIpc) is 2.69. The first kappa shape index (κ1) is 21.2. The second-order valence-corrected chi connectivity index (χ2v) is 6.80. The largest absolute Gasteiger partial charge is 0.503 e. The molecule has 0 saturated carbocycles. The number of hydrogen-bond donors (Lipinski definition) is 2. The van der Waals surface area contributed by atoms with Gasteiger partial charge in [0.25, 0.3) is 5.91 Å². The minimum Gasteiger partial charge on any atom is -0.503 e. The number of aromatic nitrogens is 1. The number of nitrogens with one attached hydrogen (secondary N) is 1. The van der Waals surface area contributed by atoms with E-state index in [-0.39, 0.29) is 17.2 Å². The van der Waals surface area contributed by atoms with Gasteiger partial charge in [-0.2, -0.15) is 13.2 Å². The number of rotatable bonds is 5. The zero-order valence-electron chi connectivity index (χ0n) is 16.2. The van der Waals surface area contributed by atoms with Crippen molar-refractivity contribution in [2.75, 3.05) is 7.11 Å². The number of hydrogen-bond acceptors (Lipinski definition) is 5. The van der Waals surface area contributed by atoms with Crippen LogP contribution in [0.3, 0.4) is 0 Å². The van der Waals surface area contributed by atoms with Crippen LogP contribution in [0.15, 0.2) is 60.5 Å². The number of carbonyl (C=O) groups excluding carboxylic acids is 1. The van der Waals surface area contributed by atoms with Crippen LogP contribution in [0.1, 0.15) is 29.4 Å². The second kappa shape index (κ2) is 8.10. The number of alkyl halides is 3. The van der Waals surface area contributed by atoms with Gasteiger partial charge in [-0.15, -0.1) is 0 Å². The van der Waals surface area contributed by atoms with E-state index in [1.165, 1.54) is 31.5 Å². The molecule has 1 aliphatic rings. The molecule has 1 amide bonds. The van der Waals surface area contributed by atoms with Crippen LogP contribution in [-0.4, -0.2) is 28.7 Å². The van der Waals surface area contributed by atoms with Crippen LogP contribution in [0, 0.1) is 0 Å². The lowest BCUT2D eigenvalue weighted by atomic mass is 9.96. The molecule has 1 aliphatic carbocycles. The Hall–Kier alpha value is -3.49. The van der Waals surface area contributed by atoms with Gasteiger partial charge in [0.2, 0.25) is 0 Å².